The van der Waals surface area contributed by atoms with Crippen LogP contribution >= 0.6 is 0 Å². The van der Waals surface area contributed by atoms with Crippen LogP contribution in [0.3, 0.4) is 0 Å². The molecule has 0 unspecified atom stereocenters. The van der Waals surface area contributed by atoms with Crippen molar-refractivity contribution in [3.8, 4) is 16.8 Å². The van der Waals surface area contributed by atoms with Crippen LogP contribution in [0.2, 0.25) is 0 Å². The van der Waals surface area contributed by atoms with E-state index in [0.717, 1.165) is 29.6 Å². The average Bonchev–Trinajstić information content (AvgIpc) is 3.59. The van der Waals surface area contributed by atoms with E-state index in [-0.39, 0.29) is 5.41 Å². The molecule has 3 nitrogen and oxygen atoms in total. The minimum Gasteiger partial charge on any atom is -0.307 e. The zero-order valence-corrected chi connectivity index (χ0v) is 21.1. The number of rotatable bonds is 2. The molecule has 2 aliphatic rings. The third-order valence-corrected chi connectivity index (χ3v) is 8.43. The van der Waals surface area contributed by atoms with Crippen molar-refractivity contribution in [2.24, 2.45) is 0 Å². The van der Waals surface area contributed by atoms with Crippen LogP contribution in [0.5, 0.6) is 0 Å². The molecule has 0 fully saturated rings. The molecule has 0 N–H and O–H groups in total. The quantitative estimate of drug-likeness (QED) is 0.245. The second-order valence-electron chi connectivity index (χ2n) is 10.8. The van der Waals surface area contributed by atoms with Crippen molar-refractivity contribution in [1.82, 2.24) is 14.1 Å². The lowest BCUT2D eigenvalue weighted by molar-refractivity contribution is 0.661. The van der Waals surface area contributed by atoms with Gasteiger partial charge in [0, 0.05) is 21.9 Å². The summed E-state index contributed by atoms with van der Waals surface area (Å²) in [5.74, 6) is 0. The van der Waals surface area contributed by atoms with E-state index in [0.29, 0.717) is 0 Å². The second-order valence-corrected chi connectivity index (χ2v) is 10.8. The van der Waals surface area contributed by atoms with Crippen molar-refractivity contribution in [1.29, 1.82) is 0 Å². The molecule has 0 radical (unpaired) electrons. The molecule has 0 bridgehead atoms. The summed E-state index contributed by atoms with van der Waals surface area (Å²) in [4.78, 5) is 4.96. The van der Waals surface area contributed by atoms with E-state index >= 15 is 0 Å². The number of nitrogens with zero attached hydrogens (tertiary/aromatic N) is 3. The molecule has 2 aromatic heterocycles. The van der Waals surface area contributed by atoms with Crippen molar-refractivity contribution >= 4 is 38.5 Å². The van der Waals surface area contributed by atoms with Crippen LogP contribution in [0.25, 0.3) is 55.4 Å². The van der Waals surface area contributed by atoms with Gasteiger partial charge in [0.15, 0.2) is 0 Å². The lowest BCUT2D eigenvalue weighted by Gasteiger charge is -2.21. The van der Waals surface area contributed by atoms with Crippen molar-refractivity contribution in [3.63, 3.8) is 0 Å². The van der Waals surface area contributed by atoms with Crippen LogP contribution in [-0.4, -0.2) is 14.1 Å². The summed E-state index contributed by atoms with van der Waals surface area (Å²) in [6, 6.07) is 29.0. The Morgan fingerprint density at radius 3 is 2.49 bits per heavy atom. The molecule has 37 heavy (non-hydrogen) atoms. The summed E-state index contributed by atoms with van der Waals surface area (Å²) >= 11 is 0. The molecule has 3 heteroatoms. The Labute approximate surface area is 216 Å². The third-order valence-electron chi connectivity index (χ3n) is 8.43. The molecule has 0 saturated carbocycles. The molecule has 2 heterocycles. The number of para-hydroxylation sites is 2. The Kier molecular flexibility index (Phi) is 4.12. The van der Waals surface area contributed by atoms with Gasteiger partial charge in [-0.3, -0.25) is 4.57 Å². The number of imidazole rings is 1. The fraction of sp³-hybridized carbons (Fsp3) is 0.147. The molecule has 2 aliphatic carbocycles. The molecule has 0 saturated heterocycles. The molecule has 4 aromatic carbocycles. The first kappa shape index (κ1) is 20.8. The summed E-state index contributed by atoms with van der Waals surface area (Å²) in [6.07, 6.45) is 10.9. The molecule has 0 amide bonds. The highest BCUT2D eigenvalue weighted by atomic mass is 15.1. The van der Waals surface area contributed by atoms with Gasteiger partial charge in [0.1, 0.15) is 11.8 Å². The molecular weight excluding hydrogens is 450 g/mol. The largest absolute Gasteiger partial charge is 0.307 e. The highest BCUT2D eigenvalue weighted by Crippen LogP contribution is 2.53. The lowest BCUT2D eigenvalue weighted by atomic mass is 9.82. The third kappa shape index (κ3) is 2.69. The Balaban J connectivity index is 1.48. The average molecular weight is 478 g/mol. The maximum absolute atomic E-state index is 4.96. The minimum atomic E-state index is -0.0245. The summed E-state index contributed by atoms with van der Waals surface area (Å²) < 4.78 is 4.64. The highest BCUT2D eigenvalue weighted by Gasteiger charge is 2.37. The SMILES string of the molecule is CC1(C)c2ccccc2-c2c1ccc1c2c2ccccc2n1-c1cccc2c1ncn2C1=CCCC=C1. The van der Waals surface area contributed by atoms with Gasteiger partial charge in [0.2, 0.25) is 0 Å². The van der Waals surface area contributed by atoms with Crippen LogP contribution in [0, 0.1) is 0 Å². The standard InChI is InChI=1S/C34H27N3/c1-34(2)25-15-8-6-13-23(25)31-26(34)19-20-28-32(31)24-14-7-9-16-27(24)37(28)30-18-10-17-29-33(30)35-21-36(29)22-11-4-3-5-12-22/h4,6-21H,3,5H2,1-2H3. The fourth-order valence-corrected chi connectivity index (χ4v) is 6.70. The molecular formula is C34H27N3. The minimum absolute atomic E-state index is 0.0245. The van der Waals surface area contributed by atoms with E-state index < -0.39 is 0 Å². The lowest BCUT2D eigenvalue weighted by Crippen LogP contribution is -2.14. The van der Waals surface area contributed by atoms with Crippen LogP contribution in [0.15, 0.2) is 103 Å². The normalized spacial score (nSPS) is 15.9. The van der Waals surface area contributed by atoms with Crippen molar-refractivity contribution < 1.29 is 0 Å². The molecule has 0 aliphatic heterocycles. The van der Waals surface area contributed by atoms with E-state index in [1.807, 2.05) is 6.33 Å². The van der Waals surface area contributed by atoms with Crippen LogP contribution in [-0.2, 0) is 5.41 Å². The van der Waals surface area contributed by atoms with Crippen molar-refractivity contribution in [3.05, 3.63) is 115 Å². The molecule has 178 valence electrons. The van der Waals surface area contributed by atoms with Crippen LogP contribution < -0.4 is 0 Å². The van der Waals surface area contributed by atoms with E-state index in [9.17, 15) is 0 Å². The smallest absolute Gasteiger partial charge is 0.113 e. The molecule has 0 atom stereocenters. The number of allylic oxidation sites excluding steroid dienone is 4. The van der Waals surface area contributed by atoms with E-state index in [1.165, 1.54) is 49.8 Å². The van der Waals surface area contributed by atoms with Gasteiger partial charge >= 0.3 is 0 Å². The van der Waals surface area contributed by atoms with Gasteiger partial charge in [-0.1, -0.05) is 80.6 Å². The maximum atomic E-state index is 4.96. The second kappa shape index (κ2) is 7.33. The van der Waals surface area contributed by atoms with Gasteiger partial charge in [-0.2, -0.15) is 0 Å². The Bertz CT molecular complexity index is 1960. The Morgan fingerprint density at radius 2 is 1.59 bits per heavy atom. The summed E-state index contributed by atoms with van der Waals surface area (Å²) in [5, 5.41) is 2.62. The van der Waals surface area contributed by atoms with E-state index in [2.05, 4.69) is 120 Å². The highest BCUT2D eigenvalue weighted by molar-refractivity contribution is 6.18. The predicted octanol–water partition coefficient (Wildman–Crippen LogP) is 8.63. The number of aromatic nitrogens is 3. The Morgan fingerprint density at radius 1 is 0.757 bits per heavy atom. The molecule has 0 spiro atoms. The number of fused-ring (bicyclic) bond motifs is 8. The summed E-state index contributed by atoms with van der Waals surface area (Å²) in [5.41, 5.74) is 12.4. The molecule has 8 rings (SSSR count). The van der Waals surface area contributed by atoms with Gasteiger partial charge in [0.25, 0.3) is 0 Å². The first-order valence-electron chi connectivity index (χ1n) is 13.1. The summed E-state index contributed by atoms with van der Waals surface area (Å²) in [6.45, 7) is 4.70. The molecule has 6 aromatic rings. The van der Waals surface area contributed by atoms with Gasteiger partial charge < -0.3 is 4.57 Å². The number of hydrogen-bond acceptors (Lipinski definition) is 1. The fourth-order valence-electron chi connectivity index (χ4n) is 6.70. The zero-order valence-electron chi connectivity index (χ0n) is 21.1. The number of benzene rings is 4. The predicted molar refractivity (Wildman–Crippen MR) is 154 cm³/mol. The summed E-state index contributed by atoms with van der Waals surface area (Å²) in [7, 11) is 0. The van der Waals surface area contributed by atoms with Gasteiger partial charge in [-0.15, -0.1) is 0 Å². The monoisotopic (exact) mass is 477 g/mol. The van der Waals surface area contributed by atoms with Crippen molar-refractivity contribution in [2.75, 3.05) is 0 Å². The van der Waals surface area contributed by atoms with Crippen LogP contribution in [0.4, 0.5) is 0 Å². The topological polar surface area (TPSA) is 22.8 Å². The van der Waals surface area contributed by atoms with E-state index in [4.69, 9.17) is 4.98 Å². The Hall–Kier alpha value is -4.37. The first-order valence-corrected chi connectivity index (χ1v) is 13.1. The van der Waals surface area contributed by atoms with Crippen LogP contribution in [0.1, 0.15) is 37.8 Å². The van der Waals surface area contributed by atoms with Crippen molar-refractivity contribution in [2.45, 2.75) is 32.1 Å². The van der Waals surface area contributed by atoms with E-state index in [1.54, 1.807) is 0 Å². The number of hydrogen-bond donors (Lipinski definition) is 0. The first-order chi connectivity index (χ1) is 18.1. The maximum Gasteiger partial charge on any atom is 0.113 e. The van der Waals surface area contributed by atoms with Gasteiger partial charge in [-0.05, 0) is 65.4 Å². The van der Waals surface area contributed by atoms with Gasteiger partial charge in [0.05, 0.1) is 22.2 Å². The zero-order chi connectivity index (χ0) is 24.7. The van der Waals surface area contributed by atoms with Gasteiger partial charge in [-0.25, -0.2) is 4.98 Å².